The van der Waals surface area contributed by atoms with Gasteiger partial charge in [0.25, 0.3) is 0 Å². The first-order valence-corrected chi connectivity index (χ1v) is 10.5. The molecule has 2 aromatic rings. The molecule has 1 fully saturated rings. The summed E-state index contributed by atoms with van der Waals surface area (Å²) in [6.45, 7) is 4.90. The fourth-order valence-electron chi connectivity index (χ4n) is 3.93. The minimum absolute atomic E-state index is 0. The van der Waals surface area contributed by atoms with E-state index in [1.807, 2.05) is 36.7 Å². The van der Waals surface area contributed by atoms with Gasteiger partial charge in [-0.05, 0) is 37.2 Å². The normalized spacial score (nSPS) is 15.6. The third-order valence-corrected chi connectivity index (χ3v) is 5.99. The fourth-order valence-corrected chi connectivity index (χ4v) is 3.93. The number of guanidine groups is 1. The molecule has 0 atom stereocenters. The van der Waals surface area contributed by atoms with E-state index in [0.29, 0.717) is 18.5 Å². The molecule has 1 aromatic heterocycles. The van der Waals surface area contributed by atoms with Crippen LogP contribution in [0.1, 0.15) is 49.3 Å². The Hall–Kier alpha value is -1.68. The van der Waals surface area contributed by atoms with Crippen LogP contribution in [0.4, 0.5) is 0 Å². The van der Waals surface area contributed by atoms with Gasteiger partial charge in [-0.3, -0.25) is 0 Å². The monoisotopic (exact) mass is 526 g/mol. The van der Waals surface area contributed by atoms with Gasteiger partial charge in [-0.2, -0.15) is 0 Å². The highest BCUT2D eigenvalue weighted by molar-refractivity contribution is 14.0. The molecule has 0 unspecified atom stereocenters. The molecule has 166 valence electrons. The van der Waals surface area contributed by atoms with E-state index in [1.165, 1.54) is 31.2 Å². The number of aromatic nitrogens is 3. The Kier molecular flexibility index (Phi) is 10.0. The fraction of sp³-hybridized carbons (Fsp3) is 0.591. The number of nitrogens with one attached hydrogen (secondary N) is 2. The highest BCUT2D eigenvalue weighted by Gasteiger charge is 2.33. The van der Waals surface area contributed by atoms with Crippen molar-refractivity contribution in [3.05, 3.63) is 47.5 Å². The molecule has 0 aliphatic heterocycles. The van der Waals surface area contributed by atoms with Crippen molar-refractivity contribution in [2.24, 2.45) is 17.5 Å². The van der Waals surface area contributed by atoms with Gasteiger partial charge in [-0.25, -0.2) is 4.99 Å². The predicted octanol–water partition coefficient (Wildman–Crippen LogP) is 3.57. The second-order valence-electron chi connectivity index (χ2n) is 8.03. The molecule has 30 heavy (non-hydrogen) atoms. The smallest absolute Gasteiger partial charge is 0.191 e. The van der Waals surface area contributed by atoms with Gasteiger partial charge in [-0.1, -0.05) is 43.2 Å². The molecule has 0 radical (unpaired) electrons. The van der Waals surface area contributed by atoms with Crippen LogP contribution in [0, 0.1) is 12.3 Å². The van der Waals surface area contributed by atoms with Crippen molar-refractivity contribution in [2.45, 2.75) is 52.1 Å². The lowest BCUT2D eigenvalue weighted by atomic mass is 9.83. The molecule has 1 heterocycles. The third-order valence-electron chi connectivity index (χ3n) is 5.99. The molecule has 0 amide bonds. The van der Waals surface area contributed by atoms with Crippen molar-refractivity contribution in [1.29, 1.82) is 0 Å². The third kappa shape index (κ3) is 6.94. The molecule has 2 N–H and O–H groups in total. The van der Waals surface area contributed by atoms with Gasteiger partial charge in [-0.15, -0.1) is 34.2 Å². The number of hydrogen-bond donors (Lipinski definition) is 2. The van der Waals surface area contributed by atoms with E-state index in [-0.39, 0.29) is 24.0 Å². The Morgan fingerprint density at radius 3 is 2.53 bits per heavy atom. The Morgan fingerprint density at radius 1 is 1.17 bits per heavy atom. The number of ether oxygens (including phenoxy) is 1. The summed E-state index contributed by atoms with van der Waals surface area (Å²) < 4.78 is 7.37. The van der Waals surface area contributed by atoms with E-state index in [1.54, 1.807) is 7.11 Å². The lowest BCUT2D eigenvalue weighted by Gasteiger charge is -2.30. The van der Waals surface area contributed by atoms with Crippen LogP contribution in [0.2, 0.25) is 0 Å². The zero-order valence-corrected chi connectivity index (χ0v) is 20.7. The zero-order chi connectivity index (χ0) is 20.5. The summed E-state index contributed by atoms with van der Waals surface area (Å²) in [5, 5.41) is 15.4. The highest BCUT2D eigenvalue weighted by atomic mass is 127. The van der Waals surface area contributed by atoms with Crippen LogP contribution >= 0.6 is 24.0 Å². The summed E-state index contributed by atoms with van der Waals surface area (Å²) in [4.78, 5) is 4.82. The summed E-state index contributed by atoms with van der Waals surface area (Å²) in [6, 6.07) is 10.3. The summed E-state index contributed by atoms with van der Waals surface area (Å²) in [5.74, 6) is 2.62. The van der Waals surface area contributed by atoms with E-state index in [9.17, 15) is 0 Å². The molecule has 1 aliphatic carbocycles. The average molecular weight is 526 g/mol. The molecule has 0 bridgehead atoms. The van der Waals surface area contributed by atoms with Gasteiger partial charge in [0.1, 0.15) is 5.82 Å². The lowest BCUT2D eigenvalue weighted by Crippen LogP contribution is -2.43. The van der Waals surface area contributed by atoms with Crippen LogP contribution in [0.25, 0.3) is 0 Å². The number of aliphatic imine (C=N–C) groups is 1. The van der Waals surface area contributed by atoms with Crippen molar-refractivity contribution < 1.29 is 4.74 Å². The Bertz CT molecular complexity index is 786. The molecule has 1 saturated carbocycles. The van der Waals surface area contributed by atoms with Crippen molar-refractivity contribution in [3.8, 4) is 0 Å². The summed E-state index contributed by atoms with van der Waals surface area (Å²) in [6.07, 6.45) is 6.18. The number of aryl methyl sites for hydroxylation is 1. The number of nitrogens with zero attached hydrogens (tertiary/aromatic N) is 4. The number of benzene rings is 1. The first-order chi connectivity index (χ1) is 14.1. The van der Waals surface area contributed by atoms with E-state index in [2.05, 4.69) is 33.0 Å². The Balaban J connectivity index is 0.00000320. The lowest BCUT2D eigenvalue weighted by molar-refractivity contribution is 0.138. The first-order valence-electron chi connectivity index (χ1n) is 10.5. The molecule has 0 spiro atoms. The highest BCUT2D eigenvalue weighted by Crippen LogP contribution is 2.40. The van der Waals surface area contributed by atoms with E-state index >= 15 is 0 Å². The second-order valence-corrected chi connectivity index (χ2v) is 8.03. The molecule has 1 aromatic carbocycles. The van der Waals surface area contributed by atoms with Crippen LogP contribution < -0.4 is 10.6 Å². The largest absolute Gasteiger partial charge is 0.385 e. The minimum Gasteiger partial charge on any atom is -0.385 e. The maximum absolute atomic E-state index is 5.37. The van der Waals surface area contributed by atoms with Gasteiger partial charge in [0.05, 0.1) is 13.1 Å². The number of rotatable bonds is 9. The van der Waals surface area contributed by atoms with E-state index < -0.39 is 0 Å². The maximum atomic E-state index is 5.37. The molecule has 3 rings (SSSR count). The average Bonchev–Trinajstić information content (AvgIpc) is 3.34. The zero-order valence-electron chi connectivity index (χ0n) is 18.4. The minimum atomic E-state index is 0. The SMILES string of the molecule is COCCC1(CNC(=NCc2ccccc2)NCc2nnc(C)n2C)CCCC1.I. The van der Waals surface area contributed by atoms with Gasteiger partial charge in [0.15, 0.2) is 11.8 Å². The van der Waals surface area contributed by atoms with Gasteiger partial charge in [0, 0.05) is 27.3 Å². The topological polar surface area (TPSA) is 76.4 Å². The molecule has 8 heteroatoms. The van der Waals surface area contributed by atoms with Gasteiger partial charge in [0.2, 0.25) is 0 Å². The van der Waals surface area contributed by atoms with Crippen molar-refractivity contribution in [2.75, 3.05) is 20.3 Å². The van der Waals surface area contributed by atoms with Crippen LogP contribution in [-0.2, 0) is 24.9 Å². The van der Waals surface area contributed by atoms with Crippen LogP contribution in [0.5, 0.6) is 0 Å². The molecular weight excluding hydrogens is 491 g/mol. The quantitative estimate of drug-likeness (QED) is 0.297. The molecule has 7 nitrogen and oxygen atoms in total. The molecule has 1 aliphatic rings. The Morgan fingerprint density at radius 2 is 1.90 bits per heavy atom. The van der Waals surface area contributed by atoms with Crippen molar-refractivity contribution in [3.63, 3.8) is 0 Å². The first kappa shape index (κ1) is 24.6. The second kappa shape index (κ2) is 12.2. The van der Waals surface area contributed by atoms with E-state index in [0.717, 1.165) is 37.2 Å². The summed E-state index contributed by atoms with van der Waals surface area (Å²) in [5.41, 5.74) is 1.49. The van der Waals surface area contributed by atoms with E-state index in [4.69, 9.17) is 9.73 Å². The van der Waals surface area contributed by atoms with Crippen molar-refractivity contribution in [1.82, 2.24) is 25.4 Å². The summed E-state index contributed by atoms with van der Waals surface area (Å²) >= 11 is 0. The van der Waals surface area contributed by atoms with Crippen LogP contribution in [0.15, 0.2) is 35.3 Å². The summed E-state index contributed by atoms with van der Waals surface area (Å²) in [7, 11) is 3.77. The maximum Gasteiger partial charge on any atom is 0.191 e. The van der Waals surface area contributed by atoms with Crippen molar-refractivity contribution >= 4 is 29.9 Å². The Labute approximate surface area is 197 Å². The van der Waals surface area contributed by atoms with Gasteiger partial charge >= 0.3 is 0 Å². The molecule has 0 saturated heterocycles. The number of methoxy groups -OCH3 is 1. The molecular formula is C22H35IN6O. The number of halogens is 1. The number of hydrogen-bond acceptors (Lipinski definition) is 4. The van der Waals surface area contributed by atoms with Crippen LogP contribution in [-0.4, -0.2) is 41.0 Å². The van der Waals surface area contributed by atoms with Gasteiger partial charge < -0.3 is 19.9 Å². The predicted molar refractivity (Wildman–Crippen MR) is 131 cm³/mol. The standard InChI is InChI=1S/C22H34N6O.HI/c1-18-26-27-20(28(18)2)16-24-21(23-15-19-9-5-4-6-10-19)25-17-22(13-14-29-3)11-7-8-12-22;/h4-6,9-10H,7-8,11-17H2,1-3H3,(H2,23,24,25);1H. The van der Waals surface area contributed by atoms with Crippen LogP contribution in [0.3, 0.4) is 0 Å².